The summed E-state index contributed by atoms with van der Waals surface area (Å²) in [4.78, 5) is 46.0. The van der Waals surface area contributed by atoms with Crippen LogP contribution < -0.4 is 10.9 Å². The molecular weight excluding hydrogens is 326 g/mol. The molecule has 1 amide bonds. The number of carbonyl (C=O) groups excluding carboxylic acids is 2. The molecule has 1 aliphatic rings. The number of amides is 1. The van der Waals surface area contributed by atoms with Gasteiger partial charge in [0, 0.05) is 29.8 Å². The Labute approximate surface area is 142 Å². The molecule has 1 aromatic carbocycles. The third-order valence-corrected chi connectivity index (χ3v) is 4.04. The number of hydrogen-bond acceptors (Lipinski definition) is 5. The maximum Gasteiger partial charge on any atom is 0.285 e. The molecule has 0 unspecified atom stereocenters. The number of hydrogen-bond donors (Lipinski definition) is 1. The monoisotopic (exact) mass is 341 g/mol. The largest absolute Gasteiger partial charge is 0.326 e. The summed E-state index contributed by atoms with van der Waals surface area (Å²) in [6.45, 7) is -0.286. The molecule has 128 valence electrons. The average molecular weight is 341 g/mol. The first-order valence-electron chi connectivity index (χ1n) is 7.75. The normalized spacial score (nSPS) is 13.5. The molecule has 2 heterocycles. The minimum absolute atomic E-state index is 0.0547. The number of nitrogens with one attached hydrogen (secondary N) is 1. The minimum atomic E-state index is -0.620. The van der Waals surface area contributed by atoms with Crippen LogP contribution in [0.1, 0.15) is 28.8 Å². The lowest BCUT2D eigenvalue weighted by molar-refractivity contribution is -0.385. The number of anilines is 1. The van der Waals surface area contributed by atoms with Crippen molar-refractivity contribution in [2.45, 2.75) is 25.8 Å². The molecule has 2 aromatic rings. The number of Topliss-reactive ketones (excluding diaryl/α,β-unsaturated/α-hetero) is 1. The van der Waals surface area contributed by atoms with Crippen LogP contribution >= 0.6 is 0 Å². The lowest BCUT2D eigenvalue weighted by Crippen LogP contribution is -2.23. The molecule has 0 bridgehead atoms. The van der Waals surface area contributed by atoms with Gasteiger partial charge in [0.25, 0.3) is 11.2 Å². The Morgan fingerprint density at radius 1 is 1.20 bits per heavy atom. The summed E-state index contributed by atoms with van der Waals surface area (Å²) in [5, 5.41) is 13.6. The molecule has 8 nitrogen and oxygen atoms in total. The first-order valence-corrected chi connectivity index (χ1v) is 7.75. The van der Waals surface area contributed by atoms with Crippen molar-refractivity contribution in [2.75, 3.05) is 5.32 Å². The second-order valence-electron chi connectivity index (χ2n) is 5.81. The number of nitro groups is 1. The summed E-state index contributed by atoms with van der Waals surface area (Å²) in [5.74, 6) is -0.387. The number of aromatic nitrogens is 1. The van der Waals surface area contributed by atoms with Gasteiger partial charge in [0.1, 0.15) is 0 Å². The van der Waals surface area contributed by atoms with Crippen LogP contribution in [-0.4, -0.2) is 21.2 Å². The van der Waals surface area contributed by atoms with Crippen molar-refractivity contribution in [2.24, 2.45) is 0 Å². The average Bonchev–Trinajstić information content (AvgIpc) is 2.76. The first-order chi connectivity index (χ1) is 11.9. The van der Waals surface area contributed by atoms with Crippen molar-refractivity contribution in [3.63, 3.8) is 0 Å². The molecule has 3 rings (SSSR count). The molecule has 1 aliphatic heterocycles. The summed E-state index contributed by atoms with van der Waals surface area (Å²) < 4.78 is 1.02. The van der Waals surface area contributed by atoms with Gasteiger partial charge in [-0.25, -0.2) is 0 Å². The van der Waals surface area contributed by atoms with E-state index in [2.05, 4.69) is 5.32 Å². The van der Waals surface area contributed by atoms with Gasteiger partial charge in [-0.2, -0.15) is 0 Å². The highest BCUT2D eigenvalue weighted by molar-refractivity contribution is 5.98. The number of fused-ring (bicyclic) bond motifs is 1. The van der Waals surface area contributed by atoms with Crippen molar-refractivity contribution in [1.82, 2.24) is 4.57 Å². The minimum Gasteiger partial charge on any atom is -0.326 e. The Kier molecular flexibility index (Phi) is 4.42. The van der Waals surface area contributed by atoms with Gasteiger partial charge in [0.15, 0.2) is 5.78 Å². The van der Waals surface area contributed by atoms with E-state index in [1.165, 1.54) is 0 Å². The molecule has 0 atom stereocenters. The van der Waals surface area contributed by atoms with Crippen LogP contribution in [0, 0.1) is 10.1 Å². The van der Waals surface area contributed by atoms with Crippen molar-refractivity contribution in [3.8, 4) is 0 Å². The highest BCUT2D eigenvalue weighted by Gasteiger charge is 2.16. The van der Waals surface area contributed by atoms with Crippen LogP contribution in [0.4, 0.5) is 11.4 Å². The zero-order valence-electron chi connectivity index (χ0n) is 13.2. The van der Waals surface area contributed by atoms with Gasteiger partial charge >= 0.3 is 0 Å². The highest BCUT2D eigenvalue weighted by Crippen LogP contribution is 2.23. The van der Waals surface area contributed by atoms with Crippen LogP contribution in [0.25, 0.3) is 0 Å². The topological polar surface area (TPSA) is 111 Å². The maximum absolute atomic E-state index is 12.5. The predicted octanol–water partition coefficient (Wildman–Crippen LogP) is 1.91. The van der Waals surface area contributed by atoms with Gasteiger partial charge in [0.05, 0.1) is 17.7 Å². The van der Waals surface area contributed by atoms with E-state index in [1.54, 1.807) is 18.2 Å². The molecule has 25 heavy (non-hydrogen) atoms. The Bertz CT molecular complexity index is 932. The summed E-state index contributed by atoms with van der Waals surface area (Å²) in [7, 11) is 0. The molecule has 1 aromatic heterocycles. The van der Waals surface area contributed by atoms with Gasteiger partial charge in [0.2, 0.25) is 5.91 Å². The molecule has 8 heteroatoms. The van der Waals surface area contributed by atoms with Gasteiger partial charge in [-0.3, -0.25) is 24.5 Å². The van der Waals surface area contributed by atoms with E-state index in [4.69, 9.17) is 0 Å². The fourth-order valence-electron chi connectivity index (χ4n) is 2.74. The molecule has 0 fully saturated rings. The molecule has 0 aliphatic carbocycles. The summed E-state index contributed by atoms with van der Waals surface area (Å²) in [6.07, 6.45) is 2.86. The van der Waals surface area contributed by atoms with E-state index in [0.29, 0.717) is 30.5 Å². The smallest absolute Gasteiger partial charge is 0.285 e. The first kappa shape index (κ1) is 16.6. The van der Waals surface area contributed by atoms with Crippen LogP contribution in [0.15, 0.2) is 41.3 Å². The van der Waals surface area contributed by atoms with Crippen molar-refractivity contribution in [3.05, 3.63) is 68.1 Å². The summed E-state index contributed by atoms with van der Waals surface area (Å²) in [5.41, 5.74) is 1.21. The molecule has 0 spiro atoms. The lowest BCUT2D eigenvalue weighted by Gasteiger charge is -2.09. The fraction of sp³-hybridized carbons (Fsp3) is 0.235. The van der Waals surface area contributed by atoms with Crippen LogP contribution in [-0.2, 0) is 17.8 Å². The van der Waals surface area contributed by atoms with Crippen molar-refractivity contribution < 1.29 is 14.5 Å². The van der Waals surface area contributed by atoms with Gasteiger partial charge in [-0.1, -0.05) is 0 Å². The number of ketones is 1. The quantitative estimate of drug-likeness (QED) is 0.519. The van der Waals surface area contributed by atoms with Crippen molar-refractivity contribution in [1.29, 1.82) is 0 Å². The van der Waals surface area contributed by atoms with E-state index in [-0.39, 0.29) is 23.9 Å². The maximum atomic E-state index is 12.5. The zero-order chi connectivity index (χ0) is 18.0. The number of aryl methyl sites for hydroxylation is 1. The predicted molar refractivity (Wildman–Crippen MR) is 89.7 cm³/mol. The Balaban J connectivity index is 1.86. The van der Waals surface area contributed by atoms with Crippen LogP contribution in [0.2, 0.25) is 0 Å². The van der Waals surface area contributed by atoms with Gasteiger partial charge in [-0.15, -0.1) is 0 Å². The number of pyridine rings is 1. The Morgan fingerprint density at radius 2 is 2.00 bits per heavy atom. The van der Waals surface area contributed by atoms with E-state index >= 15 is 0 Å². The van der Waals surface area contributed by atoms with Gasteiger partial charge in [-0.05, 0) is 36.6 Å². The second-order valence-corrected chi connectivity index (χ2v) is 5.81. The second kappa shape index (κ2) is 6.68. The van der Waals surface area contributed by atoms with E-state index < -0.39 is 10.5 Å². The van der Waals surface area contributed by atoms with Crippen molar-refractivity contribution >= 4 is 23.1 Å². The van der Waals surface area contributed by atoms with Crippen LogP contribution in [0.5, 0.6) is 0 Å². The third-order valence-electron chi connectivity index (χ3n) is 4.04. The third kappa shape index (κ3) is 3.63. The number of carbonyl (C=O) groups is 2. The standard InChI is InChI=1S/C17H15N3O5/c21-15(10-19-9-13(20(24)25)5-7-17(19)23)12-4-6-14-11(8-12)2-1-3-16(22)18-14/h4-9H,1-3,10H2,(H,18,22). The Hall–Kier alpha value is -3.29. The number of nitrogens with zero attached hydrogens (tertiary/aromatic N) is 2. The fourth-order valence-corrected chi connectivity index (χ4v) is 2.74. The van der Waals surface area contributed by atoms with Gasteiger partial charge < -0.3 is 9.88 Å². The lowest BCUT2D eigenvalue weighted by atomic mass is 10.0. The Morgan fingerprint density at radius 3 is 2.76 bits per heavy atom. The zero-order valence-corrected chi connectivity index (χ0v) is 13.2. The molecule has 0 radical (unpaired) electrons. The SMILES string of the molecule is O=C1CCCc2cc(C(=O)Cn3cc([N+](=O)[O-])ccc3=O)ccc2N1. The number of rotatable bonds is 4. The molecular formula is C17H15N3O5. The highest BCUT2D eigenvalue weighted by atomic mass is 16.6. The summed E-state index contributed by atoms with van der Waals surface area (Å²) in [6, 6.07) is 7.12. The molecule has 1 N–H and O–H groups in total. The number of benzene rings is 1. The van der Waals surface area contributed by atoms with Crippen LogP contribution in [0.3, 0.4) is 0 Å². The summed E-state index contributed by atoms with van der Waals surface area (Å²) >= 11 is 0. The molecule has 0 saturated heterocycles. The molecule has 0 saturated carbocycles. The van der Waals surface area contributed by atoms with E-state index in [0.717, 1.165) is 28.5 Å². The van der Waals surface area contributed by atoms with E-state index in [9.17, 15) is 24.5 Å². The van der Waals surface area contributed by atoms with E-state index in [1.807, 2.05) is 0 Å².